The summed E-state index contributed by atoms with van der Waals surface area (Å²) < 4.78 is 10.5. The van der Waals surface area contributed by atoms with Crippen LogP contribution in [0.5, 0.6) is 11.5 Å². The van der Waals surface area contributed by atoms with Crippen molar-refractivity contribution in [2.45, 2.75) is 6.42 Å². The van der Waals surface area contributed by atoms with Gasteiger partial charge in [0, 0.05) is 30.4 Å². The van der Waals surface area contributed by atoms with Gasteiger partial charge in [-0.15, -0.1) is 11.3 Å². The molecule has 162 valence electrons. The molecule has 7 heteroatoms. The number of rotatable bonds is 8. The number of nitrogens with zero attached hydrogens (tertiary/aromatic N) is 2. The van der Waals surface area contributed by atoms with Crippen molar-refractivity contribution in [1.29, 1.82) is 0 Å². The maximum absolute atomic E-state index is 12.8. The quantitative estimate of drug-likeness (QED) is 0.419. The number of hydrogen-bond donors (Lipinski definition) is 1. The average Bonchev–Trinajstić information content (AvgIpc) is 3.30. The number of nitrogens with one attached hydrogen (secondary N) is 1. The first kappa shape index (κ1) is 21.5. The number of amides is 1. The highest BCUT2D eigenvalue weighted by Gasteiger charge is 2.19. The highest BCUT2D eigenvalue weighted by molar-refractivity contribution is 7.17. The van der Waals surface area contributed by atoms with Crippen LogP contribution in [0.2, 0.25) is 0 Å². The van der Waals surface area contributed by atoms with E-state index in [9.17, 15) is 4.79 Å². The molecule has 2 aromatic carbocycles. The first-order valence-corrected chi connectivity index (χ1v) is 11.0. The molecule has 2 heterocycles. The molecule has 0 fully saturated rings. The summed E-state index contributed by atoms with van der Waals surface area (Å²) in [7, 11) is 3.27. The molecule has 0 aliphatic rings. The zero-order valence-corrected chi connectivity index (χ0v) is 18.7. The van der Waals surface area contributed by atoms with E-state index in [-0.39, 0.29) is 5.91 Å². The van der Waals surface area contributed by atoms with Crippen molar-refractivity contribution in [3.63, 3.8) is 0 Å². The second-order valence-corrected chi connectivity index (χ2v) is 7.98. The van der Waals surface area contributed by atoms with Gasteiger partial charge < -0.3 is 14.8 Å². The maximum atomic E-state index is 12.8. The molecule has 6 nitrogen and oxygen atoms in total. The number of carbonyl (C=O) groups is 1. The Morgan fingerprint density at radius 3 is 2.16 bits per heavy atom. The number of carbonyl (C=O) groups excluding carboxylic acids is 1. The molecule has 0 atom stereocenters. The zero-order chi connectivity index (χ0) is 22.3. The van der Waals surface area contributed by atoms with Crippen LogP contribution < -0.4 is 14.8 Å². The molecule has 0 spiro atoms. The van der Waals surface area contributed by atoms with Gasteiger partial charge >= 0.3 is 0 Å². The topological polar surface area (TPSA) is 73.3 Å². The fourth-order valence-corrected chi connectivity index (χ4v) is 4.23. The largest absolute Gasteiger partial charge is 0.497 e. The van der Waals surface area contributed by atoms with Crippen molar-refractivity contribution >= 4 is 17.2 Å². The van der Waals surface area contributed by atoms with E-state index in [4.69, 9.17) is 14.5 Å². The SMILES string of the molecule is COc1ccc(-c2nc(C(=O)NCCc3ccccn3)sc2-c2ccc(OC)cc2)cc1. The van der Waals surface area contributed by atoms with Crippen molar-refractivity contribution < 1.29 is 14.3 Å². The van der Waals surface area contributed by atoms with Crippen LogP contribution in [0.3, 0.4) is 0 Å². The van der Waals surface area contributed by atoms with E-state index in [2.05, 4.69) is 10.3 Å². The standard InChI is InChI=1S/C25H23N3O3S/c1-30-20-10-6-17(7-11-20)22-23(18-8-12-21(31-2)13-9-18)32-25(28-22)24(29)27-16-14-19-5-3-4-15-26-19/h3-13,15H,14,16H2,1-2H3,(H,27,29). The van der Waals surface area contributed by atoms with Gasteiger partial charge in [-0.05, 0) is 66.2 Å². The second-order valence-electron chi connectivity index (χ2n) is 6.98. The van der Waals surface area contributed by atoms with Crippen molar-refractivity contribution in [1.82, 2.24) is 15.3 Å². The lowest BCUT2D eigenvalue weighted by Gasteiger charge is -2.05. The highest BCUT2D eigenvalue weighted by Crippen LogP contribution is 2.38. The van der Waals surface area contributed by atoms with Gasteiger partial charge in [0.25, 0.3) is 5.91 Å². The molecule has 32 heavy (non-hydrogen) atoms. The second kappa shape index (κ2) is 10.1. The minimum atomic E-state index is -0.194. The molecule has 0 unspecified atom stereocenters. The first-order chi connectivity index (χ1) is 15.7. The molecule has 0 aliphatic heterocycles. The lowest BCUT2D eigenvalue weighted by atomic mass is 10.1. The minimum Gasteiger partial charge on any atom is -0.497 e. The van der Waals surface area contributed by atoms with Crippen LogP contribution in [0.1, 0.15) is 15.5 Å². The molecule has 0 bridgehead atoms. The van der Waals surface area contributed by atoms with E-state index in [1.807, 2.05) is 66.7 Å². The number of ether oxygens (including phenoxy) is 2. The smallest absolute Gasteiger partial charge is 0.280 e. The Bertz CT molecular complexity index is 1110. The van der Waals surface area contributed by atoms with Gasteiger partial charge in [0.2, 0.25) is 0 Å². The van der Waals surface area contributed by atoms with Gasteiger partial charge in [0.1, 0.15) is 11.5 Å². The normalized spacial score (nSPS) is 10.6. The molecule has 1 N–H and O–H groups in total. The molecule has 0 radical (unpaired) electrons. The van der Waals surface area contributed by atoms with E-state index in [0.29, 0.717) is 18.0 Å². The van der Waals surface area contributed by atoms with Crippen molar-refractivity contribution in [2.24, 2.45) is 0 Å². The minimum absolute atomic E-state index is 0.194. The molecule has 0 saturated carbocycles. The predicted octanol–water partition coefficient (Wildman–Crippen LogP) is 4.86. The molecule has 4 aromatic rings. The lowest BCUT2D eigenvalue weighted by Crippen LogP contribution is -2.25. The van der Waals surface area contributed by atoms with Crippen molar-refractivity contribution in [2.75, 3.05) is 20.8 Å². The lowest BCUT2D eigenvalue weighted by molar-refractivity contribution is 0.0953. The maximum Gasteiger partial charge on any atom is 0.280 e. The average molecular weight is 446 g/mol. The fraction of sp³-hybridized carbons (Fsp3) is 0.160. The first-order valence-electron chi connectivity index (χ1n) is 10.2. The Hall–Kier alpha value is -3.71. The molecular weight excluding hydrogens is 422 g/mol. The van der Waals surface area contributed by atoms with Gasteiger partial charge in [0.15, 0.2) is 5.01 Å². The summed E-state index contributed by atoms with van der Waals surface area (Å²) in [5, 5.41) is 3.38. The predicted molar refractivity (Wildman–Crippen MR) is 126 cm³/mol. The molecule has 4 rings (SSSR count). The Morgan fingerprint density at radius 1 is 0.906 bits per heavy atom. The van der Waals surface area contributed by atoms with Gasteiger partial charge in [-0.1, -0.05) is 6.07 Å². The summed E-state index contributed by atoms with van der Waals surface area (Å²) >= 11 is 1.37. The summed E-state index contributed by atoms with van der Waals surface area (Å²) in [4.78, 5) is 22.8. The zero-order valence-electron chi connectivity index (χ0n) is 17.9. The summed E-state index contributed by atoms with van der Waals surface area (Å²) in [6.45, 7) is 0.491. The molecule has 2 aromatic heterocycles. The number of methoxy groups -OCH3 is 2. The van der Waals surface area contributed by atoms with Crippen LogP contribution in [-0.2, 0) is 6.42 Å². The van der Waals surface area contributed by atoms with E-state index in [1.165, 1.54) is 11.3 Å². The molecular formula is C25H23N3O3S. The van der Waals surface area contributed by atoms with E-state index in [1.54, 1.807) is 20.4 Å². The van der Waals surface area contributed by atoms with Gasteiger partial charge in [-0.25, -0.2) is 4.98 Å². The Morgan fingerprint density at radius 2 is 1.56 bits per heavy atom. The molecule has 1 amide bonds. The summed E-state index contributed by atoms with van der Waals surface area (Å²) in [6, 6.07) is 21.2. The summed E-state index contributed by atoms with van der Waals surface area (Å²) in [5.74, 6) is 1.35. The van der Waals surface area contributed by atoms with E-state index in [0.717, 1.165) is 38.9 Å². The van der Waals surface area contributed by atoms with Crippen LogP contribution in [0.4, 0.5) is 0 Å². The fourth-order valence-electron chi connectivity index (χ4n) is 3.23. The van der Waals surface area contributed by atoms with Gasteiger partial charge in [-0.2, -0.15) is 0 Å². The third-order valence-corrected chi connectivity index (χ3v) is 6.03. The Balaban J connectivity index is 1.60. The van der Waals surface area contributed by atoms with Gasteiger partial charge in [0.05, 0.1) is 24.8 Å². The number of thiazole rings is 1. The summed E-state index contributed by atoms with van der Waals surface area (Å²) in [6.07, 6.45) is 2.41. The number of aromatic nitrogens is 2. The summed E-state index contributed by atoms with van der Waals surface area (Å²) in [5.41, 5.74) is 3.59. The van der Waals surface area contributed by atoms with Gasteiger partial charge in [-0.3, -0.25) is 9.78 Å². The monoisotopic (exact) mass is 445 g/mol. The van der Waals surface area contributed by atoms with Crippen molar-refractivity contribution in [3.05, 3.63) is 83.6 Å². The molecule has 0 aliphatic carbocycles. The molecule has 0 saturated heterocycles. The van der Waals surface area contributed by atoms with Crippen LogP contribution in [0.15, 0.2) is 72.9 Å². The number of benzene rings is 2. The van der Waals surface area contributed by atoms with Crippen LogP contribution in [0, 0.1) is 0 Å². The number of hydrogen-bond acceptors (Lipinski definition) is 6. The van der Waals surface area contributed by atoms with Crippen LogP contribution in [-0.4, -0.2) is 36.6 Å². The van der Waals surface area contributed by atoms with E-state index < -0.39 is 0 Å². The van der Waals surface area contributed by atoms with Crippen LogP contribution >= 0.6 is 11.3 Å². The Labute approximate surface area is 190 Å². The van der Waals surface area contributed by atoms with Crippen LogP contribution in [0.25, 0.3) is 21.7 Å². The number of pyridine rings is 1. The van der Waals surface area contributed by atoms with Crippen molar-refractivity contribution in [3.8, 4) is 33.2 Å². The highest BCUT2D eigenvalue weighted by atomic mass is 32.1. The Kier molecular flexibility index (Phi) is 6.77. The third kappa shape index (κ3) is 4.95. The third-order valence-electron chi connectivity index (χ3n) is 4.93. The van der Waals surface area contributed by atoms with E-state index >= 15 is 0 Å².